The Morgan fingerprint density at radius 1 is 0.862 bits per heavy atom. The Morgan fingerprint density at radius 3 is 2.45 bits per heavy atom. The molecule has 3 rings (SSSR count). The van der Waals surface area contributed by atoms with Gasteiger partial charge >= 0.3 is 0 Å². The van der Waals surface area contributed by atoms with Crippen molar-refractivity contribution in [3.63, 3.8) is 0 Å². The lowest BCUT2D eigenvalue weighted by Gasteiger charge is -2.13. The molecular formula is C25H27NO3. The Morgan fingerprint density at radius 2 is 1.62 bits per heavy atom. The molecule has 0 saturated heterocycles. The first-order chi connectivity index (χ1) is 14.1. The average molecular weight is 389 g/mol. The maximum absolute atomic E-state index is 12.4. The van der Waals surface area contributed by atoms with Gasteiger partial charge in [-0.25, -0.2) is 0 Å². The first kappa shape index (κ1) is 20.5. The smallest absolute Gasteiger partial charge is 0.262 e. The Hall–Kier alpha value is -3.27. The summed E-state index contributed by atoms with van der Waals surface area (Å²) in [6, 6.07) is 23.7. The van der Waals surface area contributed by atoms with Crippen LogP contribution in [0.1, 0.15) is 23.1 Å². The summed E-state index contributed by atoms with van der Waals surface area (Å²) in [4.78, 5) is 12.4. The summed E-state index contributed by atoms with van der Waals surface area (Å²) in [6.45, 7) is 4.50. The maximum atomic E-state index is 12.4. The highest BCUT2D eigenvalue weighted by molar-refractivity contribution is 5.93. The van der Waals surface area contributed by atoms with E-state index in [1.807, 2.05) is 74.5 Å². The van der Waals surface area contributed by atoms with Crippen molar-refractivity contribution >= 4 is 11.6 Å². The van der Waals surface area contributed by atoms with Crippen molar-refractivity contribution in [1.29, 1.82) is 0 Å². The van der Waals surface area contributed by atoms with Crippen LogP contribution in [0.3, 0.4) is 0 Å². The first-order valence-electron chi connectivity index (χ1n) is 9.87. The first-order valence-corrected chi connectivity index (χ1v) is 9.87. The van der Waals surface area contributed by atoms with Gasteiger partial charge in [0.15, 0.2) is 6.61 Å². The summed E-state index contributed by atoms with van der Waals surface area (Å²) in [7, 11) is 0. The Bertz CT molecular complexity index is 938. The number of hydrogen-bond acceptors (Lipinski definition) is 3. The van der Waals surface area contributed by atoms with Crippen LogP contribution in [0.25, 0.3) is 0 Å². The van der Waals surface area contributed by atoms with Gasteiger partial charge in [-0.3, -0.25) is 4.79 Å². The molecular weight excluding hydrogens is 362 g/mol. The van der Waals surface area contributed by atoms with Crippen LogP contribution in [0.15, 0.2) is 72.8 Å². The Labute approximate surface area is 172 Å². The van der Waals surface area contributed by atoms with E-state index in [1.165, 1.54) is 5.56 Å². The molecule has 3 aromatic rings. The van der Waals surface area contributed by atoms with Crippen LogP contribution in [0.4, 0.5) is 5.69 Å². The fourth-order valence-electron chi connectivity index (χ4n) is 2.99. The third kappa shape index (κ3) is 6.39. The second-order valence-electron chi connectivity index (χ2n) is 7.04. The highest BCUT2D eigenvalue weighted by atomic mass is 16.5. The molecule has 4 heteroatoms. The molecule has 1 amide bonds. The van der Waals surface area contributed by atoms with Crippen LogP contribution in [0, 0.1) is 13.8 Å². The zero-order valence-electron chi connectivity index (χ0n) is 17.0. The minimum atomic E-state index is -0.216. The van der Waals surface area contributed by atoms with E-state index in [0.29, 0.717) is 18.0 Å². The lowest BCUT2D eigenvalue weighted by Crippen LogP contribution is -2.21. The number of aryl methyl sites for hydroxylation is 3. The molecule has 0 aliphatic heterocycles. The lowest BCUT2D eigenvalue weighted by molar-refractivity contribution is -0.118. The largest absolute Gasteiger partial charge is 0.491 e. The Kier molecular flexibility index (Phi) is 7.28. The van der Waals surface area contributed by atoms with Crippen LogP contribution in [0.5, 0.6) is 11.5 Å². The average Bonchev–Trinajstić information content (AvgIpc) is 2.74. The van der Waals surface area contributed by atoms with Crippen molar-refractivity contribution in [2.45, 2.75) is 26.7 Å². The predicted molar refractivity (Wildman–Crippen MR) is 117 cm³/mol. The van der Waals surface area contributed by atoms with Crippen molar-refractivity contribution < 1.29 is 14.3 Å². The normalized spacial score (nSPS) is 10.4. The van der Waals surface area contributed by atoms with Gasteiger partial charge in [-0.2, -0.15) is 0 Å². The molecule has 0 saturated carbocycles. The minimum Gasteiger partial charge on any atom is -0.491 e. The Balaban J connectivity index is 1.50. The van der Waals surface area contributed by atoms with Crippen molar-refractivity contribution in [3.8, 4) is 11.5 Å². The SMILES string of the molecule is Cc1ccc(C)c(OCC(=O)Nc2ccccc2OCCCc2ccccc2)c1. The fraction of sp³-hybridized carbons (Fsp3) is 0.240. The molecule has 4 nitrogen and oxygen atoms in total. The van der Waals surface area contributed by atoms with Gasteiger partial charge in [0.05, 0.1) is 12.3 Å². The van der Waals surface area contributed by atoms with Crippen molar-refractivity contribution in [3.05, 3.63) is 89.5 Å². The number of amides is 1. The molecule has 0 aliphatic rings. The van der Waals surface area contributed by atoms with E-state index in [-0.39, 0.29) is 12.5 Å². The summed E-state index contributed by atoms with van der Waals surface area (Å²) in [6.07, 6.45) is 1.86. The summed E-state index contributed by atoms with van der Waals surface area (Å²) in [5.74, 6) is 1.18. The minimum absolute atomic E-state index is 0.0490. The number of anilines is 1. The van der Waals surface area contributed by atoms with Gasteiger partial charge in [-0.05, 0) is 61.6 Å². The van der Waals surface area contributed by atoms with E-state index in [9.17, 15) is 4.79 Å². The van der Waals surface area contributed by atoms with E-state index in [4.69, 9.17) is 9.47 Å². The number of rotatable bonds is 9. The summed E-state index contributed by atoms with van der Waals surface area (Å²) in [5.41, 5.74) is 4.05. The highest BCUT2D eigenvalue weighted by Crippen LogP contribution is 2.24. The number of nitrogens with one attached hydrogen (secondary N) is 1. The van der Waals surface area contributed by atoms with Crippen molar-refractivity contribution in [1.82, 2.24) is 0 Å². The third-order valence-corrected chi connectivity index (χ3v) is 4.57. The number of ether oxygens (including phenoxy) is 2. The molecule has 3 aromatic carbocycles. The summed E-state index contributed by atoms with van der Waals surface area (Å²) < 4.78 is 11.6. The maximum Gasteiger partial charge on any atom is 0.262 e. The van der Waals surface area contributed by atoms with Gasteiger partial charge in [0.25, 0.3) is 5.91 Å². The molecule has 29 heavy (non-hydrogen) atoms. The molecule has 0 radical (unpaired) electrons. The third-order valence-electron chi connectivity index (χ3n) is 4.57. The molecule has 0 fully saturated rings. The highest BCUT2D eigenvalue weighted by Gasteiger charge is 2.09. The predicted octanol–water partition coefficient (Wildman–Crippen LogP) is 5.33. The van der Waals surface area contributed by atoms with Crippen molar-refractivity contribution in [2.75, 3.05) is 18.5 Å². The molecule has 0 spiro atoms. The van der Waals surface area contributed by atoms with Gasteiger partial charge in [-0.1, -0.05) is 54.6 Å². The topological polar surface area (TPSA) is 47.6 Å². The lowest BCUT2D eigenvalue weighted by atomic mass is 10.1. The quantitative estimate of drug-likeness (QED) is 0.503. The van der Waals surface area contributed by atoms with Crippen LogP contribution in [-0.4, -0.2) is 19.1 Å². The fourth-order valence-corrected chi connectivity index (χ4v) is 2.99. The van der Waals surface area contributed by atoms with Crippen LogP contribution in [0.2, 0.25) is 0 Å². The molecule has 0 aromatic heterocycles. The van der Waals surface area contributed by atoms with Gasteiger partial charge in [-0.15, -0.1) is 0 Å². The molecule has 0 atom stereocenters. The number of carbonyl (C=O) groups excluding carboxylic acids is 1. The van der Waals surface area contributed by atoms with E-state index in [0.717, 1.165) is 29.7 Å². The van der Waals surface area contributed by atoms with Gasteiger partial charge in [0.1, 0.15) is 11.5 Å². The van der Waals surface area contributed by atoms with E-state index < -0.39 is 0 Å². The number of carbonyl (C=O) groups is 1. The zero-order chi connectivity index (χ0) is 20.5. The molecule has 0 aliphatic carbocycles. The molecule has 0 heterocycles. The molecule has 1 N–H and O–H groups in total. The zero-order valence-corrected chi connectivity index (χ0v) is 17.0. The standard InChI is InChI=1S/C25H27NO3/c1-19-14-15-20(2)24(17-19)29-18-25(27)26-22-12-6-7-13-23(22)28-16-8-11-21-9-4-3-5-10-21/h3-7,9-10,12-15,17H,8,11,16,18H2,1-2H3,(H,26,27). The van der Waals surface area contributed by atoms with Crippen LogP contribution in [-0.2, 0) is 11.2 Å². The molecule has 0 unspecified atom stereocenters. The molecule has 0 bridgehead atoms. The number of hydrogen-bond donors (Lipinski definition) is 1. The van der Waals surface area contributed by atoms with Gasteiger partial charge in [0, 0.05) is 0 Å². The van der Waals surface area contributed by atoms with Gasteiger partial charge < -0.3 is 14.8 Å². The van der Waals surface area contributed by atoms with E-state index in [2.05, 4.69) is 17.4 Å². The summed E-state index contributed by atoms with van der Waals surface area (Å²) >= 11 is 0. The van der Waals surface area contributed by atoms with E-state index in [1.54, 1.807) is 0 Å². The second kappa shape index (κ2) is 10.3. The van der Waals surface area contributed by atoms with Gasteiger partial charge in [0.2, 0.25) is 0 Å². The number of benzene rings is 3. The van der Waals surface area contributed by atoms with Crippen LogP contribution < -0.4 is 14.8 Å². The monoisotopic (exact) mass is 389 g/mol. The number of para-hydroxylation sites is 2. The second-order valence-corrected chi connectivity index (χ2v) is 7.04. The summed E-state index contributed by atoms with van der Waals surface area (Å²) in [5, 5.41) is 2.88. The van der Waals surface area contributed by atoms with Crippen molar-refractivity contribution in [2.24, 2.45) is 0 Å². The molecule has 150 valence electrons. The van der Waals surface area contributed by atoms with E-state index >= 15 is 0 Å². The van der Waals surface area contributed by atoms with Crippen LogP contribution >= 0.6 is 0 Å².